The molecule has 8 nitrogen and oxygen atoms in total. The molecule has 8 heteroatoms. The minimum absolute atomic E-state index is 0.0151. The van der Waals surface area contributed by atoms with Crippen LogP contribution in [0.4, 0.5) is 11.4 Å². The second-order valence-corrected chi connectivity index (χ2v) is 5.72. The fourth-order valence-electron chi connectivity index (χ4n) is 2.39. The quantitative estimate of drug-likeness (QED) is 0.638. The second-order valence-electron chi connectivity index (χ2n) is 5.72. The van der Waals surface area contributed by atoms with Crippen LogP contribution in [0.15, 0.2) is 42.5 Å². The van der Waals surface area contributed by atoms with E-state index in [0.717, 1.165) is 5.56 Å². The van der Waals surface area contributed by atoms with Gasteiger partial charge >= 0.3 is 0 Å². The highest BCUT2D eigenvalue weighted by Gasteiger charge is 2.15. The van der Waals surface area contributed by atoms with E-state index in [1.807, 2.05) is 6.92 Å². The van der Waals surface area contributed by atoms with E-state index in [1.54, 1.807) is 19.1 Å². The molecular weight excluding hydrogens is 326 g/mol. The van der Waals surface area contributed by atoms with E-state index in [9.17, 15) is 25.0 Å². The van der Waals surface area contributed by atoms with Crippen molar-refractivity contribution in [2.24, 2.45) is 0 Å². The summed E-state index contributed by atoms with van der Waals surface area (Å²) < 4.78 is 0. The number of benzene rings is 2. The molecule has 130 valence electrons. The van der Waals surface area contributed by atoms with Crippen molar-refractivity contribution in [1.29, 1.82) is 0 Å². The first-order valence-corrected chi connectivity index (χ1v) is 7.57. The third-order valence-corrected chi connectivity index (χ3v) is 3.90. The molecule has 1 atom stereocenters. The molecule has 1 N–H and O–H groups in total. The zero-order valence-corrected chi connectivity index (χ0v) is 13.8. The molecule has 0 heterocycles. The van der Waals surface area contributed by atoms with E-state index in [-0.39, 0.29) is 23.2 Å². The maximum Gasteiger partial charge on any atom is 0.272 e. The van der Waals surface area contributed by atoms with Crippen molar-refractivity contribution >= 4 is 17.3 Å². The lowest BCUT2D eigenvalue weighted by molar-refractivity contribution is -0.385. The molecule has 1 unspecified atom stereocenters. The summed E-state index contributed by atoms with van der Waals surface area (Å²) in [4.78, 5) is 32.7. The van der Waals surface area contributed by atoms with Crippen LogP contribution in [-0.2, 0) is 0 Å². The Morgan fingerprint density at radius 3 is 2.24 bits per heavy atom. The van der Waals surface area contributed by atoms with Gasteiger partial charge < -0.3 is 5.32 Å². The standard InChI is InChI=1S/C17H17N3O5/c1-11-9-14(5-8-16(11)20(24)25)17(21)18-10-12(2)13-3-6-15(7-4-13)19(22)23/h3-9,12H,10H2,1-2H3,(H,18,21). The van der Waals surface area contributed by atoms with Gasteiger partial charge in [-0.25, -0.2) is 0 Å². The molecule has 2 aromatic rings. The number of nitrogens with zero attached hydrogens (tertiary/aromatic N) is 2. The lowest BCUT2D eigenvalue weighted by atomic mass is 10.0. The van der Waals surface area contributed by atoms with Crippen LogP contribution in [-0.4, -0.2) is 22.3 Å². The Kier molecular flexibility index (Phi) is 5.43. The first kappa shape index (κ1) is 18.1. The highest BCUT2D eigenvalue weighted by molar-refractivity contribution is 5.94. The number of hydrogen-bond donors (Lipinski definition) is 1. The van der Waals surface area contributed by atoms with Crippen LogP contribution in [0.2, 0.25) is 0 Å². The van der Waals surface area contributed by atoms with Gasteiger partial charge in [-0.3, -0.25) is 25.0 Å². The number of aryl methyl sites for hydroxylation is 1. The van der Waals surface area contributed by atoms with Gasteiger partial charge in [-0.2, -0.15) is 0 Å². The maximum absolute atomic E-state index is 12.2. The summed E-state index contributed by atoms with van der Waals surface area (Å²) in [6, 6.07) is 10.4. The SMILES string of the molecule is Cc1cc(C(=O)NCC(C)c2ccc([N+](=O)[O-])cc2)ccc1[N+](=O)[O-]. The lowest BCUT2D eigenvalue weighted by Gasteiger charge is -2.13. The molecule has 2 rings (SSSR count). The minimum Gasteiger partial charge on any atom is -0.351 e. The molecule has 0 spiro atoms. The van der Waals surface area contributed by atoms with Gasteiger partial charge in [-0.1, -0.05) is 19.1 Å². The third kappa shape index (κ3) is 4.37. The maximum atomic E-state index is 12.2. The van der Waals surface area contributed by atoms with Crippen molar-refractivity contribution in [3.05, 3.63) is 79.4 Å². The van der Waals surface area contributed by atoms with Crippen molar-refractivity contribution < 1.29 is 14.6 Å². The molecule has 0 fully saturated rings. The van der Waals surface area contributed by atoms with Crippen molar-refractivity contribution in [2.45, 2.75) is 19.8 Å². The Hall–Kier alpha value is -3.29. The van der Waals surface area contributed by atoms with Crippen LogP contribution < -0.4 is 5.32 Å². The molecule has 0 aliphatic heterocycles. The van der Waals surface area contributed by atoms with E-state index in [0.29, 0.717) is 17.7 Å². The van der Waals surface area contributed by atoms with Crippen molar-refractivity contribution in [3.8, 4) is 0 Å². The van der Waals surface area contributed by atoms with Gasteiger partial charge in [0.15, 0.2) is 0 Å². The van der Waals surface area contributed by atoms with Gasteiger partial charge in [-0.15, -0.1) is 0 Å². The summed E-state index contributed by atoms with van der Waals surface area (Å²) in [6.45, 7) is 3.81. The summed E-state index contributed by atoms with van der Waals surface area (Å²) in [5.74, 6) is -0.365. The third-order valence-electron chi connectivity index (χ3n) is 3.90. The Morgan fingerprint density at radius 2 is 1.72 bits per heavy atom. The van der Waals surface area contributed by atoms with E-state index in [4.69, 9.17) is 0 Å². The average molecular weight is 343 g/mol. The van der Waals surface area contributed by atoms with Crippen LogP contribution >= 0.6 is 0 Å². The zero-order chi connectivity index (χ0) is 18.6. The predicted octanol–water partition coefficient (Wildman–Crippen LogP) is 3.34. The van der Waals surface area contributed by atoms with E-state index in [1.165, 1.54) is 30.3 Å². The number of nitrogens with one attached hydrogen (secondary N) is 1. The van der Waals surface area contributed by atoms with Gasteiger partial charge in [0.25, 0.3) is 17.3 Å². The Bertz CT molecular complexity index is 818. The number of hydrogen-bond acceptors (Lipinski definition) is 5. The Morgan fingerprint density at radius 1 is 1.08 bits per heavy atom. The highest BCUT2D eigenvalue weighted by Crippen LogP contribution is 2.20. The van der Waals surface area contributed by atoms with Crippen LogP contribution in [0.5, 0.6) is 0 Å². The molecule has 2 aromatic carbocycles. The van der Waals surface area contributed by atoms with Crippen LogP contribution in [0.25, 0.3) is 0 Å². The monoisotopic (exact) mass is 343 g/mol. The molecular formula is C17H17N3O5. The molecule has 1 amide bonds. The van der Waals surface area contributed by atoms with E-state index in [2.05, 4.69) is 5.32 Å². The van der Waals surface area contributed by atoms with Crippen LogP contribution in [0, 0.1) is 27.2 Å². The summed E-state index contributed by atoms with van der Waals surface area (Å²) in [7, 11) is 0. The predicted molar refractivity (Wildman–Crippen MR) is 91.7 cm³/mol. The largest absolute Gasteiger partial charge is 0.351 e. The number of carbonyl (C=O) groups is 1. The summed E-state index contributed by atoms with van der Waals surface area (Å²) in [5.41, 5.74) is 1.61. The number of rotatable bonds is 6. The fraction of sp³-hybridized carbons (Fsp3) is 0.235. The van der Waals surface area contributed by atoms with Crippen molar-refractivity contribution in [3.63, 3.8) is 0 Å². The molecule has 0 bridgehead atoms. The normalized spacial score (nSPS) is 11.6. The number of amides is 1. The molecule has 25 heavy (non-hydrogen) atoms. The number of nitro benzene ring substituents is 2. The topological polar surface area (TPSA) is 115 Å². The average Bonchev–Trinajstić information content (AvgIpc) is 2.58. The summed E-state index contributed by atoms with van der Waals surface area (Å²) >= 11 is 0. The first-order valence-electron chi connectivity index (χ1n) is 7.57. The minimum atomic E-state index is -0.492. The summed E-state index contributed by atoms with van der Waals surface area (Å²) in [5, 5.41) is 24.2. The number of non-ortho nitro benzene ring substituents is 1. The number of carbonyl (C=O) groups excluding carboxylic acids is 1. The smallest absolute Gasteiger partial charge is 0.272 e. The highest BCUT2D eigenvalue weighted by atomic mass is 16.6. The molecule has 0 aromatic heterocycles. The van der Waals surface area contributed by atoms with Gasteiger partial charge in [0.05, 0.1) is 9.85 Å². The van der Waals surface area contributed by atoms with Gasteiger partial charge in [0, 0.05) is 35.9 Å². The molecule has 0 aliphatic carbocycles. The van der Waals surface area contributed by atoms with Crippen molar-refractivity contribution in [2.75, 3.05) is 6.54 Å². The van der Waals surface area contributed by atoms with Crippen molar-refractivity contribution in [1.82, 2.24) is 5.32 Å². The lowest BCUT2D eigenvalue weighted by Crippen LogP contribution is -2.27. The molecule has 0 aliphatic rings. The van der Waals surface area contributed by atoms with Gasteiger partial charge in [-0.05, 0) is 30.5 Å². The van der Waals surface area contributed by atoms with Gasteiger partial charge in [0.2, 0.25) is 0 Å². The van der Waals surface area contributed by atoms with Crippen LogP contribution in [0.1, 0.15) is 34.3 Å². The van der Waals surface area contributed by atoms with E-state index >= 15 is 0 Å². The fourth-order valence-corrected chi connectivity index (χ4v) is 2.39. The first-order chi connectivity index (χ1) is 11.8. The zero-order valence-electron chi connectivity index (χ0n) is 13.8. The van der Waals surface area contributed by atoms with Crippen LogP contribution in [0.3, 0.4) is 0 Å². The molecule has 0 radical (unpaired) electrons. The van der Waals surface area contributed by atoms with Gasteiger partial charge in [0.1, 0.15) is 0 Å². The Balaban J connectivity index is 2.00. The Labute approximate surface area is 143 Å². The van der Waals surface area contributed by atoms with E-state index < -0.39 is 9.85 Å². The summed E-state index contributed by atoms with van der Waals surface area (Å²) in [6.07, 6.45) is 0. The molecule has 0 saturated heterocycles. The number of nitro groups is 2. The second kappa shape index (κ2) is 7.52. The molecule has 0 saturated carbocycles.